The van der Waals surface area contributed by atoms with Crippen molar-refractivity contribution in [2.24, 2.45) is 0 Å². The van der Waals surface area contributed by atoms with Gasteiger partial charge < -0.3 is 23.9 Å². The Labute approximate surface area is 263 Å². The monoisotopic (exact) mass is 614 g/mol. The number of fused-ring (bicyclic) bond motifs is 2. The average Bonchev–Trinajstić information content (AvgIpc) is 3.88. The van der Waals surface area contributed by atoms with Gasteiger partial charge in [0.1, 0.15) is 18.2 Å². The Morgan fingerprint density at radius 2 is 1.70 bits per heavy atom. The summed E-state index contributed by atoms with van der Waals surface area (Å²) in [5, 5.41) is 24.1. The summed E-state index contributed by atoms with van der Waals surface area (Å²) < 4.78 is 19.6. The molecule has 1 aliphatic heterocycles. The second-order valence-electron chi connectivity index (χ2n) is 11.6. The van der Waals surface area contributed by atoms with Gasteiger partial charge in [-0.25, -0.2) is 9.78 Å². The number of hydrogen-bond donors (Lipinski definition) is 2. The Morgan fingerprint density at radius 3 is 2.50 bits per heavy atom. The molecule has 3 heterocycles. The molecule has 0 radical (unpaired) electrons. The highest BCUT2D eigenvalue weighted by atomic mass is 16.7. The van der Waals surface area contributed by atoms with Gasteiger partial charge in [-0.1, -0.05) is 31.4 Å². The van der Waals surface area contributed by atoms with Crippen LogP contribution in [-0.2, 0) is 6.61 Å². The van der Waals surface area contributed by atoms with Crippen LogP contribution < -0.4 is 14.2 Å². The zero-order chi connectivity index (χ0) is 31.0. The molecule has 0 spiro atoms. The first-order chi connectivity index (χ1) is 22.6. The van der Waals surface area contributed by atoms with E-state index in [0.717, 1.165) is 57.5 Å². The van der Waals surface area contributed by atoms with Gasteiger partial charge in [0.05, 0.1) is 16.6 Å². The Kier molecular flexibility index (Phi) is 7.05. The zero-order valence-corrected chi connectivity index (χ0v) is 24.8. The molecule has 11 nitrogen and oxygen atoms in total. The molecule has 4 aromatic carbocycles. The van der Waals surface area contributed by atoms with E-state index in [1.54, 1.807) is 12.1 Å². The fraction of sp³-hybridized carbons (Fsp3) is 0.229. The van der Waals surface area contributed by atoms with Crippen molar-refractivity contribution in [2.45, 2.75) is 44.8 Å². The summed E-state index contributed by atoms with van der Waals surface area (Å²) in [5.41, 5.74) is 6.52. The van der Waals surface area contributed by atoms with Crippen LogP contribution in [0.5, 0.6) is 17.2 Å². The molecule has 0 atom stereocenters. The van der Waals surface area contributed by atoms with Crippen LogP contribution >= 0.6 is 0 Å². The smallest absolute Gasteiger partial charge is 0.335 e. The second-order valence-corrected chi connectivity index (χ2v) is 11.6. The Hall–Kier alpha value is -5.71. The molecule has 1 aliphatic carbocycles. The number of H-pyrrole nitrogens is 1. The number of tetrazole rings is 1. The quantitative estimate of drug-likeness (QED) is 0.184. The minimum atomic E-state index is -0.992. The highest BCUT2D eigenvalue weighted by molar-refractivity contribution is 5.89. The van der Waals surface area contributed by atoms with Gasteiger partial charge in [-0.05, 0) is 101 Å². The molecular formula is C35H30N6O5. The zero-order valence-electron chi connectivity index (χ0n) is 24.8. The predicted molar refractivity (Wildman–Crippen MR) is 170 cm³/mol. The number of ether oxygens (including phenoxy) is 3. The number of hydrogen-bond acceptors (Lipinski definition) is 8. The maximum atomic E-state index is 11.8. The number of aromatic nitrogens is 6. The maximum Gasteiger partial charge on any atom is 0.335 e. The summed E-state index contributed by atoms with van der Waals surface area (Å²) in [5.74, 6) is 2.47. The third kappa shape index (κ3) is 5.19. The van der Waals surface area contributed by atoms with E-state index in [0.29, 0.717) is 29.1 Å². The van der Waals surface area contributed by atoms with Crippen LogP contribution in [0, 0.1) is 0 Å². The average molecular weight is 615 g/mol. The van der Waals surface area contributed by atoms with Gasteiger partial charge in [-0.2, -0.15) is 5.21 Å². The number of benzene rings is 4. The number of imidazole rings is 1. The number of carboxylic acid groups (broad SMARTS) is 1. The Morgan fingerprint density at radius 1 is 0.891 bits per heavy atom. The normalized spacial score (nSPS) is 14.5. The van der Waals surface area contributed by atoms with Crippen LogP contribution in [0.3, 0.4) is 0 Å². The molecule has 0 saturated heterocycles. The third-order valence-electron chi connectivity index (χ3n) is 8.78. The van der Waals surface area contributed by atoms with Gasteiger partial charge in [-0.3, -0.25) is 0 Å². The van der Waals surface area contributed by atoms with E-state index < -0.39 is 5.97 Å². The summed E-state index contributed by atoms with van der Waals surface area (Å²) in [7, 11) is 0. The molecule has 11 heteroatoms. The van der Waals surface area contributed by atoms with Gasteiger partial charge in [0.25, 0.3) is 0 Å². The van der Waals surface area contributed by atoms with Crippen molar-refractivity contribution in [1.29, 1.82) is 0 Å². The lowest BCUT2D eigenvalue weighted by atomic mass is 9.95. The van der Waals surface area contributed by atoms with Gasteiger partial charge in [0, 0.05) is 17.2 Å². The van der Waals surface area contributed by atoms with E-state index in [1.165, 1.54) is 19.3 Å². The van der Waals surface area contributed by atoms with Crippen LogP contribution in [0.4, 0.5) is 0 Å². The van der Waals surface area contributed by atoms with Gasteiger partial charge in [-0.15, -0.1) is 10.2 Å². The Balaban J connectivity index is 1.09. The minimum absolute atomic E-state index is 0.181. The van der Waals surface area contributed by atoms with Crippen molar-refractivity contribution in [3.05, 3.63) is 90.0 Å². The fourth-order valence-corrected chi connectivity index (χ4v) is 6.49. The van der Waals surface area contributed by atoms with E-state index in [1.807, 2.05) is 60.7 Å². The number of rotatable bonds is 8. The molecular weight excluding hydrogens is 584 g/mol. The van der Waals surface area contributed by atoms with Crippen molar-refractivity contribution in [3.63, 3.8) is 0 Å². The first-order valence-corrected chi connectivity index (χ1v) is 15.4. The molecule has 1 saturated carbocycles. The van der Waals surface area contributed by atoms with Crippen molar-refractivity contribution in [2.75, 3.05) is 6.79 Å². The highest BCUT2D eigenvalue weighted by Gasteiger charge is 2.23. The topological polar surface area (TPSA) is 137 Å². The first kappa shape index (κ1) is 27.8. The van der Waals surface area contributed by atoms with Crippen LogP contribution in [0.2, 0.25) is 0 Å². The van der Waals surface area contributed by atoms with E-state index in [4.69, 9.17) is 19.2 Å². The van der Waals surface area contributed by atoms with E-state index in [2.05, 4.69) is 31.3 Å². The molecule has 2 aromatic heterocycles. The Bertz CT molecular complexity index is 2050. The third-order valence-corrected chi connectivity index (χ3v) is 8.78. The SMILES string of the molecule is O=C(O)c1ccc(-c2ccc3c(c2)OCO3)c(COc2ccc(-c3nc4cc(-c5nn[nH]n5)ccc4n3C3CCCCC3)cc2)c1. The van der Waals surface area contributed by atoms with Gasteiger partial charge in [0.2, 0.25) is 12.6 Å². The largest absolute Gasteiger partial charge is 0.489 e. The molecule has 46 heavy (non-hydrogen) atoms. The van der Waals surface area contributed by atoms with Crippen molar-refractivity contribution >= 4 is 17.0 Å². The molecule has 1 fully saturated rings. The number of nitrogens with zero attached hydrogens (tertiary/aromatic N) is 5. The minimum Gasteiger partial charge on any atom is -0.489 e. The van der Waals surface area contributed by atoms with E-state index in [9.17, 15) is 9.90 Å². The van der Waals surface area contributed by atoms with Crippen LogP contribution in [0.25, 0.3) is 44.9 Å². The standard InChI is InChI=1S/C35H30N6O5/c42-35(43)24-8-13-28(22-10-15-31-32(18-22)46-20-45-31)25(16-24)19-44-27-11-6-21(7-12-27)34-36-29-17-23(33-37-39-40-38-33)9-14-30(29)41(34)26-4-2-1-3-5-26/h6-18,26H,1-5,19-20H2,(H,42,43)(H,37,38,39,40). The van der Waals surface area contributed by atoms with E-state index in [-0.39, 0.29) is 19.0 Å². The molecule has 230 valence electrons. The molecule has 2 N–H and O–H groups in total. The van der Waals surface area contributed by atoms with Crippen LogP contribution in [0.1, 0.15) is 54.1 Å². The van der Waals surface area contributed by atoms with Crippen molar-refractivity contribution in [3.8, 4) is 51.2 Å². The maximum absolute atomic E-state index is 11.8. The van der Waals surface area contributed by atoms with Crippen molar-refractivity contribution < 1.29 is 24.1 Å². The summed E-state index contributed by atoms with van der Waals surface area (Å²) in [4.78, 5) is 16.9. The number of carboxylic acids is 1. The van der Waals surface area contributed by atoms with Crippen LogP contribution in [0.15, 0.2) is 78.9 Å². The molecule has 6 aromatic rings. The molecule has 0 bridgehead atoms. The predicted octanol–water partition coefficient (Wildman–Crippen LogP) is 7.06. The lowest BCUT2D eigenvalue weighted by molar-refractivity contribution is 0.0696. The number of aromatic carboxylic acids is 1. The summed E-state index contributed by atoms with van der Waals surface area (Å²) in [6.45, 7) is 0.366. The summed E-state index contributed by atoms with van der Waals surface area (Å²) >= 11 is 0. The number of nitrogens with one attached hydrogen (secondary N) is 1. The summed E-state index contributed by atoms with van der Waals surface area (Å²) in [6.07, 6.45) is 5.91. The molecule has 8 rings (SSSR count). The lowest BCUT2D eigenvalue weighted by Gasteiger charge is -2.25. The van der Waals surface area contributed by atoms with Gasteiger partial charge >= 0.3 is 5.97 Å². The fourth-order valence-electron chi connectivity index (χ4n) is 6.49. The summed E-state index contributed by atoms with van der Waals surface area (Å²) in [6, 6.07) is 25.2. The van der Waals surface area contributed by atoms with Crippen LogP contribution in [-0.4, -0.2) is 48.0 Å². The second kappa shape index (κ2) is 11.7. The molecule has 0 unspecified atom stereocenters. The highest BCUT2D eigenvalue weighted by Crippen LogP contribution is 2.39. The first-order valence-electron chi connectivity index (χ1n) is 15.4. The lowest BCUT2D eigenvalue weighted by Crippen LogP contribution is -2.14. The number of aromatic amines is 1. The number of carbonyl (C=O) groups is 1. The molecule has 0 amide bonds. The van der Waals surface area contributed by atoms with Gasteiger partial charge in [0.15, 0.2) is 11.5 Å². The van der Waals surface area contributed by atoms with E-state index >= 15 is 0 Å². The van der Waals surface area contributed by atoms with Crippen molar-refractivity contribution in [1.82, 2.24) is 30.2 Å². The molecule has 2 aliphatic rings.